The lowest BCUT2D eigenvalue weighted by atomic mass is 9.69. The van der Waals surface area contributed by atoms with Gasteiger partial charge in [-0.2, -0.15) is 0 Å². The standard InChI is InChI=1S/C33H43BN3O8/c1-6-8-15-44-28-18-25-24(17-27(28)43-5)29(39)36-19-21(7-2)16-26(36)30(40)37(25)32(42)45-20-22-9-11-23(12-10-22)35-34-31(41)33(3,4)13-14-38/h7,9-12,17-18,26,30,35,38,40H,6,8,13-16,19-20H2,1-5H3/b21-7+/t26-,30-/m0/s1. The molecule has 0 unspecified atom stereocenters. The van der Waals surface area contributed by atoms with Crippen LogP contribution in [0.3, 0.4) is 0 Å². The van der Waals surface area contributed by atoms with E-state index in [9.17, 15) is 24.6 Å². The van der Waals surface area contributed by atoms with Crippen LogP contribution in [0.5, 0.6) is 11.5 Å². The zero-order valence-corrected chi connectivity index (χ0v) is 26.7. The van der Waals surface area contributed by atoms with Crippen LogP contribution in [-0.2, 0) is 16.1 Å². The van der Waals surface area contributed by atoms with Gasteiger partial charge in [-0.05, 0) is 49.9 Å². The number of rotatable bonds is 13. The van der Waals surface area contributed by atoms with Gasteiger partial charge in [0.15, 0.2) is 17.7 Å². The number of methoxy groups -OCH3 is 1. The van der Waals surface area contributed by atoms with Crippen LogP contribution in [-0.4, -0.2) is 79.3 Å². The van der Waals surface area contributed by atoms with Crippen molar-refractivity contribution < 1.29 is 38.8 Å². The third-order valence-corrected chi connectivity index (χ3v) is 8.34. The molecule has 0 saturated carbocycles. The Kier molecular flexibility index (Phi) is 11.2. The summed E-state index contributed by atoms with van der Waals surface area (Å²) in [5.74, 6) is 0.393. The molecule has 1 radical (unpaired) electrons. The summed E-state index contributed by atoms with van der Waals surface area (Å²) in [5, 5.41) is 23.8. The van der Waals surface area contributed by atoms with Crippen molar-refractivity contribution in [3.8, 4) is 11.5 Å². The summed E-state index contributed by atoms with van der Waals surface area (Å²) in [6.45, 7) is 8.07. The van der Waals surface area contributed by atoms with Gasteiger partial charge < -0.3 is 39.3 Å². The quantitative estimate of drug-likeness (QED) is 0.168. The first kappa shape index (κ1) is 33.9. The molecule has 2 aromatic rings. The molecule has 241 valence electrons. The monoisotopic (exact) mass is 620 g/mol. The molecule has 0 bridgehead atoms. The zero-order valence-electron chi connectivity index (χ0n) is 26.7. The number of fused-ring (bicyclic) bond motifs is 2. The Labute approximate surface area is 265 Å². The predicted octanol–water partition coefficient (Wildman–Crippen LogP) is 4.48. The van der Waals surface area contributed by atoms with Crippen LogP contribution < -0.4 is 19.6 Å². The van der Waals surface area contributed by atoms with Crippen LogP contribution in [0.15, 0.2) is 48.0 Å². The number of benzene rings is 2. The molecule has 2 heterocycles. The maximum atomic E-state index is 13.8. The van der Waals surface area contributed by atoms with Gasteiger partial charge in [-0.1, -0.05) is 51.0 Å². The summed E-state index contributed by atoms with van der Waals surface area (Å²) in [6.07, 6.45) is 2.24. The molecule has 2 aliphatic heterocycles. The molecule has 0 spiro atoms. The Bertz CT molecular complexity index is 1410. The first-order valence-electron chi connectivity index (χ1n) is 15.3. The summed E-state index contributed by atoms with van der Waals surface area (Å²) >= 11 is 0. The molecule has 2 aromatic carbocycles. The van der Waals surface area contributed by atoms with Gasteiger partial charge in [-0.15, -0.1) is 0 Å². The Hall–Kier alpha value is -4.03. The fourth-order valence-electron chi connectivity index (χ4n) is 5.33. The number of aliphatic hydroxyl groups is 2. The highest BCUT2D eigenvalue weighted by Crippen LogP contribution is 2.42. The van der Waals surface area contributed by atoms with Crippen LogP contribution in [0.25, 0.3) is 0 Å². The van der Waals surface area contributed by atoms with Gasteiger partial charge >= 0.3 is 13.5 Å². The van der Waals surface area contributed by atoms with Crippen LogP contribution in [0.4, 0.5) is 16.2 Å². The van der Waals surface area contributed by atoms with Gasteiger partial charge in [0.25, 0.3) is 5.91 Å². The smallest absolute Gasteiger partial charge is 0.416 e. The van der Waals surface area contributed by atoms with E-state index in [4.69, 9.17) is 14.2 Å². The van der Waals surface area contributed by atoms with Gasteiger partial charge in [0.1, 0.15) is 12.3 Å². The summed E-state index contributed by atoms with van der Waals surface area (Å²) in [4.78, 5) is 42.7. The van der Waals surface area contributed by atoms with Gasteiger partial charge in [0.2, 0.25) is 0 Å². The number of unbranched alkanes of at least 4 members (excludes halogenated alkanes) is 1. The first-order chi connectivity index (χ1) is 21.5. The number of allylic oxidation sites excluding steroid dienone is 1. The minimum Gasteiger partial charge on any atom is -0.493 e. The SMILES string of the molecule is C/C=C1\C[C@H]2[C@H](O)N(C(=O)OCc3ccc(N[B]C(=O)C(C)(C)CCO)cc3)c3cc(OCCCC)c(OC)cc3C(=O)N2C1. The summed E-state index contributed by atoms with van der Waals surface area (Å²) < 4.78 is 17.2. The predicted molar refractivity (Wildman–Crippen MR) is 172 cm³/mol. The number of hydrogen-bond acceptors (Lipinski definition) is 9. The number of hydrogen-bond donors (Lipinski definition) is 3. The van der Waals surface area contributed by atoms with Crippen molar-refractivity contribution in [1.82, 2.24) is 4.90 Å². The first-order valence-corrected chi connectivity index (χ1v) is 15.3. The van der Waals surface area contributed by atoms with Gasteiger partial charge in [0, 0.05) is 30.3 Å². The number of carbonyl (C=O) groups is 3. The summed E-state index contributed by atoms with van der Waals surface area (Å²) in [5.41, 5.74) is 1.90. The van der Waals surface area contributed by atoms with E-state index >= 15 is 0 Å². The highest BCUT2D eigenvalue weighted by Gasteiger charge is 2.46. The molecule has 2 atom stereocenters. The van der Waals surface area contributed by atoms with Crippen molar-refractivity contribution in [3.05, 3.63) is 59.2 Å². The second-order valence-corrected chi connectivity index (χ2v) is 11.9. The van der Waals surface area contributed by atoms with Gasteiger partial charge in [-0.25, -0.2) is 9.69 Å². The Morgan fingerprint density at radius 1 is 1.18 bits per heavy atom. The topological polar surface area (TPSA) is 138 Å². The van der Waals surface area contributed by atoms with Crippen molar-refractivity contribution in [2.45, 2.75) is 72.3 Å². The molecule has 4 rings (SSSR count). The lowest BCUT2D eigenvalue weighted by Crippen LogP contribution is -2.50. The fraction of sp³-hybridized carbons (Fsp3) is 0.485. The molecule has 1 fully saturated rings. The van der Waals surface area contributed by atoms with Crippen molar-refractivity contribution >= 4 is 36.5 Å². The van der Waals surface area contributed by atoms with E-state index in [1.165, 1.54) is 14.5 Å². The molecule has 1 saturated heterocycles. The molecule has 0 aliphatic carbocycles. The van der Waals surface area contributed by atoms with E-state index in [2.05, 4.69) is 5.23 Å². The largest absolute Gasteiger partial charge is 0.493 e. The average Bonchev–Trinajstić information content (AvgIpc) is 3.45. The molecule has 11 nitrogen and oxygen atoms in total. The van der Waals surface area contributed by atoms with E-state index in [1.54, 1.807) is 55.1 Å². The highest BCUT2D eigenvalue weighted by molar-refractivity contribution is 6.77. The van der Waals surface area contributed by atoms with Crippen molar-refractivity contribution in [1.29, 1.82) is 0 Å². The van der Waals surface area contributed by atoms with Crippen molar-refractivity contribution in [2.24, 2.45) is 5.41 Å². The van der Waals surface area contributed by atoms with Crippen LogP contribution >= 0.6 is 0 Å². The molecular weight excluding hydrogens is 577 g/mol. The van der Waals surface area contributed by atoms with Crippen LogP contribution in [0.2, 0.25) is 0 Å². The lowest BCUT2D eigenvalue weighted by molar-refractivity contribution is -0.120. The van der Waals surface area contributed by atoms with Gasteiger partial charge in [0.05, 0.1) is 31.0 Å². The zero-order chi connectivity index (χ0) is 32.7. The van der Waals surface area contributed by atoms with E-state index in [0.717, 1.165) is 23.3 Å². The van der Waals surface area contributed by atoms with Crippen molar-refractivity contribution in [3.63, 3.8) is 0 Å². The molecule has 2 amide bonds. The summed E-state index contributed by atoms with van der Waals surface area (Å²) in [6, 6.07) is 9.47. The number of nitrogens with zero attached hydrogens (tertiary/aromatic N) is 2. The minimum absolute atomic E-state index is 0.0752. The van der Waals surface area contributed by atoms with Gasteiger partial charge in [-0.3, -0.25) is 4.79 Å². The maximum Gasteiger partial charge on any atom is 0.416 e. The number of carbonyl (C=O) groups excluding carboxylic acids is 3. The van der Waals surface area contributed by atoms with E-state index in [0.29, 0.717) is 48.7 Å². The molecule has 2 aliphatic rings. The van der Waals surface area contributed by atoms with E-state index < -0.39 is 23.8 Å². The van der Waals surface area contributed by atoms with Crippen LogP contribution in [0.1, 0.15) is 69.3 Å². The normalized spacial score (nSPS) is 18.6. The van der Waals surface area contributed by atoms with Crippen LogP contribution in [0, 0.1) is 5.41 Å². The number of aliphatic hydroxyl groups excluding tert-OH is 2. The van der Waals surface area contributed by atoms with Crippen molar-refractivity contribution in [2.75, 3.05) is 37.0 Å². The number of ether oxygens (including phenoxy) is 3. The third-order valence-electron chi connectivity index (χ3n) is 8.34. The molecule has 3 N–H and O–H groups in total. The fourth-order valence-corrected chi connectivity index (χ4v) is 5.33. The Morgan fingerprint density at radius 3 is 2.56 bits per heavy atom. The molecule has 45 heavy (non-hydrogen) atoms. The number of nitrogens with one attached hydrogen (secondary N) is 1. The second-order valence-electron chi connectivity index (χ2n) is 11.9. The average molecular weight is 621 g/mol. The second kappa shape index (κ2) is 14.8. The highest BCUT2D eigenvalue weighted by atomic mass is 16.6. The Morgan fingerprint density at radius 2 is 1.91 bits per heavy atom. The number of amides is 2. The Balaban J connectivity index is 1.55. The van der Waals surface area contributed by atoms with E-state index in [1.807, 2.05) is 19.9 Å². The maximum absolute atomic E-state index is 13.8. The number of anilines is 2. The molecule has 12 heteroatoms. The van der Waals surface area contributed by atoms with E-state index in [-0.39, 0.29) is 36.1 Å². The molecule has 0 aromatic heterocycles. The minimum atomic E-state index is -1.37. The summed E-state index contributed by atoms with van der Waals surface area (Å²) in [7, 11) is 2.87. The third kappa shape index (κ3) is 7.62. The molecular formula is C33H43BN3O8. The lowest BCUT2D eigenvalue weighted by Gasteiger charge is -2.31.